The minimum atomic E-state index is -0.244. The van der Waals surface area contributed by atoms with Crippen molar-refractivity contribution >= 4 is 0 Å². The van der Waals surface area contributed by atoms with Gasteiger partial charge in [-0.2, -0.15) is 0 Å². The van der Waals surface area contributed by atoms with Crippen molar-refractivity contribution in [1.29, 1.82) is 0 Å². The molecule has 0 radical (unpaired) electrons. The van der Waals surface area contributed by atoms with E-state index in [1.807, 2.05) is 19.2 Å². The van der Waals surface area contributed by atoms with E-state index in [-0.39, 0.29) is 11.9 Å². The van der Waals surface area contributed by atoms with Gasteiger partial charge in [-0.15, -0.1) is 0 Å². The molecule has 0 spiro atoms. The van der Waals surface area contributed by atoms with E-state index in [4.69, 9.17) is 0 Å². The fraction of sp³-hybridized carbons (Fsp3) is 0.167. The second-order valence-electron chi connectivity index (χ2n) is 3.41. The Morgan fingerprint density at radius 1 is 1.31 bits per heavy atom. The zero-order valence-corrected chi connectivity index (χ0v) is 8.89. The molecule has 3 nitrogen and oxygen atoms in total. The zero-order chi connectivity index (χ0) is 11.4. The Balaban J connectivity index is 2.37. The van der Waals surface area contributed by atoms with Gasteiger partial charge in [-0.1, -0.05) is 12.1 Å². The van der Waals surface area contributed by atoms with Gasteiger partial charge in [0.1, 0.15) is 12.1 Å². The number of halogens is 1. The van der Waals surface area contributed by atoms with Gasteiger partial charge in [0.05, 0.1) is 11.7 Å². The van der Waals surface area contributed by atoms with Gasteiger partial charge in [0, 0.05) is 6.20 Å². The molecule has 82 valence electrons. The summed E-state index contributed by atoms with van der Waals surface area (Å²) in [5.41, 5.74) is 1.67. The molecule has 1 unspecified atom stereocenters. The fourth-order valence-corrected chi connectivity index (χ4v) is 1.64. The van der Waals surface area contributed by atoms with Crippen LogP contribution in [0.2, 0.25) is 0 Å². The highest BCUT2D eigenvalue weighted by Crippen LogP contribution is 2.19. The van der Waals surface area contributed by atoms with Crippen LogP contribution in [-0.2, 0) is 0 Å². The first kappa shape index (κ1) is 10.7. The molecule has 1 aromatic heterocycles. The first-order chi connectivity index (χ1) is 7.81. The molecule has 0 bridgehead atoms. The van der Waals surface area contributed by atoms with E-state index in [1.165, 1.54) is 18.5 Å². The minimum absolute atomic E-state index is 0.112. The third-order valence-corrected chi connectivity index (χ3v) is 2.37. The normalized spacial score (nSPS) is 12.4. The average molecular weight is 217 g/mol. The summed E-state index contributed by atoms with van der Waals surface area (Å²) in [5.74, 6) is -0.244. The fourth-order valence-electron chi connectivity index (χ4n) is 1.64. The number of nitrogens with one attached hydrogen (secondary N) is 1. The molecule has 0 aliphatic carbocycles. The maximum absolute atomic E-state index is 13.1. The van der Waals surface area contributed by atoms with Crippen molar-refractivity contribution in [1.82, 2.24) is 15.3 Å². The quantitative estimate of drug-likeness (QED) is 0.853. The molecule has 0 aliphatic heterocycles. The van der Waals surface area contributed by atoms with Crippen molar-refractivity contribution in [2.24, 2.45) is 0 Å². The summed E-state index contributed by atoms with van der Waals surface area (Å²) in [5, 5.41) is 3.10. The van der Waals surface area contributed by atoms with Crippen LogP contribution in [-0.4, -0.2) is 17.0 Å². The third-order valence-electron chi connectivity index (χ3n) is 2.37. The van der Waals surface area contributed by atoms with Gasteiger partial charge in [-0.3, -0.25) is 0 Å². The number of nitrogens with zero attached hydrogens (tertiary/aromatic N) is 2. The molecule has 0 saturated heterocycles. The van der Waals surface area contributed by atoms with Crippen molar-refractivity contribution in [2.75, 3.05) is 7.05 Å². The highest BCUT2D eigenvalue weighted by molar-refractivity contribution is 5.27. The molecule has 0 fully saturated rings. The van der Waals surface area contributed by atoms with E-state index in [9.17, 15) is 4.39 Å². The molecule has 16 heavy (non-hydrogen) atoms. The summed E-state index contributed by atoms with van der Waals surface area (Å²) >= 11 is 0. The zero-order valence-electron chi connectivity index (χ0n) is 8.89. The summed E-state index contributed by atoms with van der Waals surface area (Å²) in [6.45, 7) is 0. The number of hydrogen-bond acceptors (Lipinski definition) is 3. The van der Waals surface area contributed by atoms with Crippen LogP contribution in [0.15, 0.2) is 42.9 Å². The smallest absolute Gasteiger partial charge is 0.123 e. The van der Waals surface area contributed by atoms with Crippen molar-refractivity contribution in [3.8, 4) is 0 Å². The lowest BCUT2D eigenvalue weighted by molar-refractivity contribution is 0.613. The van der Waals surface area contributed by atoms with E-state index in [1.54, 1.807) is 12.3 Å². The van der Waals surface area contributed by atoms with Crippen LogP contribution < -0.4 is 5.32 Å². The first-order valence-corrected chi connectivity index (χ1v) is 5.00. The maximum Gasteiger partial charge on any atom is 0.123 e. The SMILES string of the molecule is CNC(c1cccc(F)c1)c1ccncn1. The van der Waals surface area contributed by atoms with Gasteiger partial charge in [0.25, 0.3) is 0 Å². The van der Waals surface area contributed by atoms with Gasteiger partial charge in [0.15, 0.2) is 0 Å². The van der Waals surface area contributed by atoms with Crippen molar-refractivity contribution in [2.45, 2.75) is 6.04 Å². The van der Waals surface area contributed by atoms with Crippen molar-refractivity contribution in [3.05, 3.63) is 59.9 Å². The average Bonchev–Trinajstić information content (AvgIpc) is 2.31. The van der Waals surface area contributed by atoms with Crippen LogP contribution in [0, 0.1) is 5.82 Å². The largest absolute Gasteiger partial charge is 0.308 e. The molecule has 0 aliphatic rings. The molecule has 1 N–H and O–H groups in total. The van der Waals surface area contributed by atoms with E-state index in [0.717, 1.165) is 11.3 Å². The highest BCUT2D eigenvalue weighted by atomic mass is 19.1. The van der Waals surface area contributed by atoms with E-state index in [0.29, 0.717) is 0 Å². The predicted octanol–water partition coefficient (Wildman–Crippen LogP) is 1.92. The van der Waals surface area contributed by atoms with Gasteiger partial charge in [0.2, 0.25) is 0 Å². The second kappa shape index (κ2) is 4.81. The summed E-state index contributed by atoms with van der Waals surface area (Å²) in [6.07, 6.45) is 3.16. The Morgan fingerprint density at radius 2 is 2.19 bits per heavy atom. The molecule has 1 aromatic carbocycles. The number of rotatable bonds is 3. The number of hydrogen-bond donors (Lipinski definition) is 1. The first-order valence-electron chi connectivity index (χ1n) is 5.00. The molecule has 2 aromatic rings. The summed E-state index contributed by atoms with van der Waals surface area (Å²) < 4.78 is 13.1. The molecule has 1 heterocycles. The minimum Gasteiger partial charge on any atom is -0.308 e. The number of benzene rings is 1. The highest BCUT2D eigenvalue weighted by Gasteiger charge is 2.13. The molecular formula is C12H12FN3. The van der Waals surface area contributed by atoms with Gasteiger partial charge >= 0.3 is 0 Å². The van der Waals surface area contributed by atoms with Crippen LogP contribution in [0.25, 0.3) is 0 Å². The topological polar surface area (TPSA) is 37.8 Å². The second-order valence-corrected chi connectivity index (χ2v) is 3.41. The predicted molar refractivity (Wildman–Crippen MR) is 59.3 cm³/mol. The van der Waals surface area contributed by atoms with Crippen LogP contribution in [0.3, 0.4) is 0 Å². The standard InChI is InChI=1S/C12H12FN3/c1-14-12(11-5-6-15-8-16-11)9-3-2-4-10(13)7-9/h2-8,12,14H,1H3. The third kappa shape index (κ3) is 2.23. The van der Waals surface area contributed by atoms with Crippen LogP contribution in [0.5, 0.6) is 0 Å². The maximum atomic E-state index is 13.1. The number of aromatic nitrogens is 2. The monoisotopic (exact) mass is 217 g/mol. The van der Waals surface area contributed by atoms with E-state index in [2.05, 4.69) is 15.3 Å². The Kier molecular flexibility index (Phi) is 3.22. The molecule has 0 amide bonds. The van der Waals surface area contributed by atoms with Gasteiger partial charge < -0.3 is 5.32 Å². The van der Waals surface area contributed by atoms with E-state index >= 15 is 0 Å². The summed E-state index contributed by atoms with van der Waals surface area (Å²) in [7, 11) is 1.82. The molecule has 0 saturated carbocycles. The van der Waals surface area contributed by atoms with E-state index < -0.39 is 0 Å². The summed E-state index contributed by atoms with van der Waals surface area (Å²) in [6, 6.07) is 8.19. The van der Waals surface area contributed by atoms with Crippen LogP contribution in [0.1, 0.15) is 17.3 Å². The lowest BCUT2D eigenvalue weighted by Gasteiger charge is -2.15. The lowest BCUT2D eigenvalue weighted by atomic mass is 10.0. The summed E-state index contributed by atoms with van der Waals surface area (Å²) in [4.78, 5) is 8.02. The lowest BCUT2D eigenvalue weighted by Crippen LogP contribution is -2.18. The molecular weight excluding hydrogens is 205 g/mol. The van der Waals surface area contributed by atoms with Crippen molar-refractivity contribution < 1.29 is 4.39 Å². The van der Waals surface area contributed by atoms with Crippen molar-refractivity contribution in [3.63, 3.8) is 0 Å². The van der Waals surface area contributed by atoms with Crippen LogP contribution >= 0.6 is 0 Å². The Labute approximate surface area is 93.4 Å². The Hall–Kier alpha value is -1.81. The van der Waals surface area contributed by atoms with Crippen LogP contribution in [0.4, 0.5) is 4.39 Å². The van der Waals surface area contributed by atoms with Gasteiger partial charge in [-0.25, -0.2) is 14.4 Å². The molecule has 2 rings (SSSR count). The molecule has 1 atom stereocenters. The Morgan fingerprint density at radius 3 is 2.81 bits per heavy atom. The molecule has 4 heteroatoms. The Bertz CT molecular complexity index is 459. The van der Waals surface area contributed by atoms with Gasteiger partial charge in [-0.05, 0) is 30.8 Å².